The van der Waals surface area contributed by atoms with Gasteiger partial charge in [-0.15, -0.1) is 13.2 Å². The molecule has 0 bridgehead atoms. The van der Waals surface area contributed by atoms with Gasteiger partial charge in [0.25, 0.3) is 6.43 Å². The predicted molar refractivity (Wildman–Crippen MR) is 61.2 cm³/mol. The van der Waals surface area contributed by atoms with Crippen LogP contribution < -0.4 is 4.74 Å². The summed E-state index contributed by atoms with van der Waals surface area (Å²) in [7, 11) is 0. The Morgan fingerprint density at radius 1 is 1.41 bits per heavy atom. The fraction of sp³-hybridized carbons (Fsp3) is 0.375. The van der Waals surface area contributed by atoms with Crippen molar-refractivity contribution in [1.29, 1.82) is 0 Å². The molecule has 1 aromatic heterocycles. The number of halogens is 7. The number of hydrogen-bond donors (Lipinski definition) is 0. The van der Waals surface area contributed by atoms with Crippen LogP contribution in [0.5, 0.6) is 5.75 Å². The molecule has 9 heteroatoms. The summed E-state index contributed by atoms with van der Waals surface area (Å²) in [4.78, 5) is 3.45. The fourth-order valence-electron chi connectivity index (χ4n) is 1.09. The normalized spacial score (nSPS) is 12.0. The fourth-order valence-corrected chi connectivity index (χ4v) is 2.37. The van der Waals surface area contributed by atoms with E-state index in [1.54, 1.807) is 0 Å². The minimum absolute atomic E-state index is 0.0541. The van der Waals surface area contributed by atoms with Gasteiger partial charge in [0.15, 0.2) is 5.75 Å². The average Bonchev–Trinajstić information content (AvgIpc) is 2.17. The van der Waals surface area contributed by atoms with Crippen molar-refractivity contribution in [3.8, 4) is 5.75 Å². The monoisotopic (exact) mass is 431 g/mol. The zero-order chi connectivity index (χ0) is 13.2. The maximum absolute atomic E-state index is 12.7. The highest BCUT2D eigenvalue weighted by atomic mass is 127. The van der Waals surface area contributed by atoms with Gasteiger partial charge in [-0.25, -0.2) is 13.8 Å². The topological polar surface area (TPSA) is 22.1 Å². The van der Waals surface area contributed by atoms with Crippen molar-refractivity contribution in [2.24, 2.45) is 0 Å². The molecule has 1 rings (SSSR count). The van der Waals surface area contributed by atoms with Gasteiger partial charge in [-0.2, -0.15) is 0 Å². The molecule has 0 N–H and O–H groups in total. The summed E-state index contributed by atoms with van der Waals surface area (Å²) in [6.07, 6.45) is -7.08. The number of rotatable bonds is 3. The molecule has 0 aromatic carbocycles. The molecule has 1 heterocycles. The Bertz CT molecular complexity index is 412. The van der Waals surface area contributed by atoms with Gasteiger partial charge >= 0.3 is 6.36 Å². The van der Waals surface area contributed by atoms with Crippen LogP contribution in [-0.4, -0.2) is 11.3 Å². The summed E-state index contributed by atoms with van der Waals surface area (Å²) < 4.78 is 65.1. The van der Waals surface area contributed by atoms with E-state index in [-0.39, 0.29) is 14.6 Å². The van der Waals surface area contributed by atoms with E-state index in [9.17, 15) is 22.0 Å². The molecule has 0 saturated carbocycles. The van der Waals surface area contributed by atoms with Crippen molar-refractivity contribution in [2.45, 2.75) is 18.1 Å². The molecular formula is C8H4BrF5INO. The lowest BCUT2D eigenvalue weighted by Crippen LogP contribution is -2.19. The van der Waals surface area contributed by atoms with E-state index in [2.05, 4.69) is 25.7 Å². The Hall–Kier alpha value is -0.190. The van der Waals surface area contributed by atoms with Gasteiger partial charge in [0.05, 0.1) is 11.8 Å². The number of ether oxygens (including phenoxy) is 1. The van der Waals surface area contributed by atoms with E-state index in [0.717, 1.165) is 6.20 Å². The zero-order valence-corrected chi connectivity index (χ0v) is 11.6. The number of aromatic nitrogens is 1. The molecule has 0 radical (unpaired) electrons. The molecule has 0 atom stereocenters. The van der Waals surface area contributed by atoms with Gasteiger partial charge in [-0.1, -0.05) is 15.9 Å². The first-order valence-electron chi connectivity index (χ1n) is 4.03. The summed E-state index contributed by atoms with van der Waals surface area (Å²) in [5, 5.41) is -0.184. The molecule has 0 amide bonds. The van der Waals surface area contributed by atoms with Crippen LogP contribution in [0.25, 0.3) is 0 Å². The minimum atomic E-state index is -4.94. The van der Waals surface area contributed by atoms with E-state index in [4.69, 9.17) is 0 Å². The van der Waals surface area contributed by atoms with Gasteiger partial charge in [0.2, 0.25) is 0 Å². The average molecular weight is 432 g/mol. The van der Waals surface area contributed by atoms with Gasteiger partial charge in [0, 0.05) is 10.9 Å². The number of nitrogens with zero attached hydrogens (tertiary/aromatic N) is 1. The van der Waals surface area contributed by atoms with Crippen LogP contribution in [0.2, 0.25) is 0 Å². The van der Waals surface area contributed by atoms with Crippen molar-refractivity contribution < 1.29 is 26.7 Å². The molecule has 0 fully saturated rings. The second-order valence-electron chi connectivity index (χ2n) is 2.79. The van der Waals surface area contributed by atoms with Gasteiger partial charge < -0.3 is 4.74 Å². The third-order valence-electron chi connectivity index (χ3n) is 1.72. The van der Waals surface area contributed by atoms with Crippen LogP contribution >= 0.6 is 38.5 Å². The van der Waals surface area contributed by atoms with Crippen molar-refractivity contribution in [1.82, 2.24) is 4.98 Å². The van der Waals surface area contributed by atoms with Crippen molar-refractivity contribution in [2.75, 3.05) is 0 Å². The Morgan fingerprint density at radius 2 is 2.00 bits per heavy atom. The van der Waals surface area contributed by atoms with Crippen LogP contribution in [0.15, 0.2) is 6.20 Å². The van der Waals surface area contributed by atoms with Crippen LogP contribution in [0.3, 0.4) is 0 Å². The smallest absolute Gasteiger partial charge is 0.404 e. The summed E-state index contributed by atoms with van der Waals surface area (Å²) in [6, 6.07) is 0. The lowest BCUT2D eigenvalue weighted by Gasteiger charge is -2.15. The Labute approximate surface area is 115 Å². The maximum atomic E-state index is 12.7. The van der Waals surface area contributed by atoms with E-state index in [1.807, 2.05) is 0 Å². The highest BCUT2D eigenvalue weighted by Gasteiger charge is 2.33. The first-order chi connectivity index (χ1) is 7.76. The van der Waals surface area contributed by atoms with E-state index >= 15 is 0 Å². The number of hydrogen-bond acceptors (Lipinski definition) is 2. The third-order valence-corrected chi connectivity index (χ3v) is 3.14. The molecule has 17 heavy (non-hydrogen) atoms. The first-order valence-corrected chi connectivity index (χ1v) is 6.23. The van der Waals surface area contributed by atoms with Crippen LogP contribution in [-0.2, 0) is 5.33 Å². The maximum Gasteiger partial charge on any atom is 0.573 e. The van der Waals surface area contributed by atoms with Crippen molar-refractivity contribution >= 4 is 38.5 Å². The van der Waals surface area contributed by atoms with Crippen LogP contribution in [0.4, 0.5) is 22.0 Å². The summed E-state index contributed by atoms with van der Waals surface area (Å²) in [6.45, 7) is 0. The first kappa shape index (κ1) is 14.9. The zero-order valence-electron chi connectivity index (χ0n) is 7.86. The molecule has 0 aliphatic carbocycles. The quantitative estimate of drug-likeness (QED) is 0.306. The highest BCUT2D eigenvalue weighted by molar-refractivity contribution is 14.1. The molecule has 0 unspecified atom stereocenters. The second kappa shape index (κ2) is 5.63. The largest absolute Gasteiger partial charge is 0.573 e. The molecule has 2 nitrogen and oxygen atoms in total. The standard InChI is InChI=1S/C8H4BrF5INO/c9-1-3-4(17-8(12,13)14)2-16-7(15)5(3)6(10)11/h2,6H,1H2. The molecular weight excluding hydrogens is 428 g/mol. The SMILES string of the molecule is FC(F)c1c(I)ncc(OC(F)(F)F)c1CBr. The lowest BCUT2D eigenvalue weighted by atomic mass is 10.1. The van der Waals surface area contributed by atoms with E-state index < -0.39 is 24.1 Å². The Balaban J connectivity index is 3.28. The van der Waals surface area contributed by atoms with Crippen molar-refractivity contribution in [3.05, 3.63) is 21.0 Å². The summed E-state index contributed by atoms with van der Waals surface area (Å²) in [5.74, 6) is -0.718. The highest BCUT2D eigenvalue weighted by Crippen LogP contribution is 2.36. The Kier molecular flexibility index (Phi) is 4.93. The molecule has 0 saturated heterocycles. The lowest BCUT2D eigenvalue weighted by molar-refractivity contribution is -0.275. The Morgan fingerprint density at radius 3 is 2.41 bits per heavy atom. The van der Waals surface area contributed by atoms with E-state index in [1.165, 1.54) is 22.6 Å². The summed E-state index contributed by atoms with van der Waals surface area (Å²) in [5.41, 5.74) is -0.805. The molecule has 1 aromatic rings. The minimum Gasteiger partial charge on any atom is -0.404 e. The molecule has 0 spiro atoms. The second-order valence-corrected chi connectivity index (χ2v) is 4.37. The third kappa shape index (κ3) is 3.90. The van der Waals surface area contributed by atoms with Gasteiger partial charge in [-0.3, -0.25) is 0 Å². The van der Waals surface area contributed by atoms with Crippen LogP contribution in [0, 0.1) is 3.70 Å². The van der Waals surface area contributed by atoms with Gasteiger partial charge in [-0.05, 0) is 22.6 Å². The van der Waals surface area contributed by atoms with Crippen molar-refractivity contribution in [3.63, 3.8) is 0 Å². The van der Waals surface area contributed by atoms with E-state index in [0.29, 0.717) is 0 Å². The number of alkyl halides is 6. The molecule has 96 valence electrons. The summed E-state index contributed by atoms with van der Waals surface area (Å²) >= 11 is 4.39. The van der Waals surface area contributed by atoms with Crippen LogP contribution in [0.1, 0.15) is 17.6 Å². The predicted octanol–water partition coefficient (Wildman–Crippen LogP) is 4.42. The number of pyridine rings is 1. The molecule has 0 aliphatic heterocycles. The molecule has 0 aliphatic rings. The van der Waals surface area contributed by atoms with Gasteiger partial charge in [0.1, 0.15) is 3.70 Å².